The second kappa shape index (κ2) is 8.04. The average Bonchev–Trinajstić information content (AvgIpc) is 3.09. The normalized spacial score (nSPS) is 21.4. The Morgan fingerprint density at radius 3 is 2.55 bits per heavy atom. The Hall–Kier alpha value is -3.66. The smallest absolute Gasteiger partial charge is 0.306 e. The first kappa shape index (κ1) is 22.5. The van der Waals surface area contributed by atoms with Gasteiger partial charge < -0.3 is 19.5 Å². The fourth-order valence-corrected chi connectivity index (χ4v) is 4.40. The van der Waals surface area contributed by atoms with Crippen LogP contribution in [-0.4, -0.2) is 36.3 Å². The number of fused-ring (bicyclic) bond motifs is 1. The van der Waals surface area contributed by atoms with Gasteiger partial charge in [-0.05, 0) is 18.6 Å². The van der Waals surface area contributed by atoms with Gasteiger partial charge in [-0.3, -0.25) is 19.7 Å². The topological polar surface area (TPSA) is 117 Å². The zero-order valence-corrected chi connectivity index (χ0v) is 18.5. The molecule has 1 aliphatic heterocycles. The van der Waals surface area contributed by atoms with Gasteiger partial charge in [0.1, 0.15) is 22.1 Å². The van der Waals surface area contributed by atoms with Crippen molar-refractivity contribution in [2.24, 2.45) is 5.92 Å². The van der Waals surface area contributed by atoms with Gasteiger partial charge in [0.25, 0.3) is 0 Å². The fourth-order valence-electron chi connectivity index (χ4n) is 4.13. The minimum Gasteiger partial charge on any atom is -0.496 e. The molecule has 2 aromatic rings. The number of hydrogen-bond acceptors (Lipinski definition) is 8. The van der Waals surface area contributed by atoms with Crippen LogP contribution in [0.3, 0.4) is 0 Å². The number of nitro groups is 1. The van der Waals surface area contributed by atoms with Crippen LogP contribution in [0.2, 0.25) is 5.02 Å². The molecule has 2 atom stereocenters. The number of rotatable bonds is 5. The second-order valence-corrected chi connectivity index (χ2v) is 8.03. The lowest BCUT2D eigenvalue weighted by Gasteiger charge is -2.35. The Morgan fingerprint density at radius 1 is 1.24 bits per heavy atom. The molecule has 9 nitrogen and oxygen atoms in total. The number of hydrogen-bond donors (Lipinski definition) is 1. The van der Waals surface area contributed by atoms with Crippen molar-refractivity contribution in [2.75, 3.05) is 19.5 Å². The summed E-state index contributed by atoms with van der Waals surface area (Å²) in [5.74, 6) is -2.42. The average molecular weight is 477 g/mol. The molecule has 0 radical (unpaired) electrons. The number of Topliss-reactive ketones (excluding diaryl/α,β-unsaturated/α-hetero) is 1. The number of carbonyl (C=O) groups excluding carboxylic acids is 2. The van der Waals surface area contributed by atoms with Gasteiger partial charge in [-0.1, -0.05) is 18.5 Å². The van der Waals surface area contributed by atoms with E-state index in [2.05, 4.69) is 5.32 Å². The van der Waals surface area contributed by atoms with Crippen LogP contribution < -0.4 is 19.5 Å². The van der Waals surface area contributed by atoms with Crippen LogP contribution in [0.4, 0.5) is 15.8 Å². The van der Waals surface area contributed by atoms with E-state index in [9.17, 15) is 24.1 Å². The summed E-state index contributed by atoms with van der Waals surface area (Å²) < 4.78 is 30.1. The Balaban J connectivity index is 1.70. The zero-order valence-electron chi connectivity index (χ0n) is 17.7. The largest absolute Gasteiger partial charge is 0.496 e. The quantitative estimate of drug-likeness (QED) is 0.385. The van der Waals surface area contributed by atoms with E-state index in [1.807, 2.05) is 0 Å². The summed E-state index contributed by atoms with van der Waals surface area (Å²) in [5, 5.41) is 13.9. The summed E-state index contributed by atoms with van der Waals surface area (Å²) in [4.78, 5) is 36.9. The van der Waals surface area contributed by atoms with Gasteiger partial charge in [0, 0.05) is 35.5 Å². The molecule has 2 aliphatic rings. The first-order chi connectivity index (χ1) is 15.6. The molecule has 2 aromatic carbocycles. The molecule has 0 saturated carbocycles. The molecular formula is C22H18ClFN2O7. The highest BCUT2D eigenvalue weighted by Crippen LogP contribution is 2.53. The van der Waals surface area contributed by atoms with Gasteiger partial charge in [-0.15, -0.1) is 0 Å². The predicted octanol–water partition coefficient (Wildman–Crippen LogP) is 4.32. The molecule has 0 aromatic heterocycles. The van der Waals surface area contributed by atoms with E-state index in [0.717, 1.165) is 12.1 Å². The van der Waals surface area contributed by atoms with Crippen LogP contribution in [0.5, 0.6) is 17.2 Å². The molecule has 0 bridgehead atoms. The van der Waals surface area contributed by atoms with Gasteiger partial charge in [0.05, 0.1) is 19.1 Å². The Kier molecular flexibility index (Phi) is 5.49. The summed E-state index contributed by atoms with van der Waals surface area (Å²) in [7, 11) is 2.77. The monoisotopic (exact) mass is 476 g/mol. The number of halogens is 2. The molecule has 11 heteroatoms. The van der Waals surface area contributed by atoms with Crippen LogP contribution in [0.25, 0.3) is 0 Å². The van der Waals surface area contributed by atoms with E-state index in [-0.39, 0.29) is 39.9 Å². The number of ether oxygens (including phenoxy) is 3. The number of carbonyl (C=O) groups is 2. The third kappa shape index (κ3) is 3.37. The Labute approximate surface area is 192 Å². The van der Waals surface area contributed by atoms with E-state index in [0.29, 0.717) is 5.70 Å². The number of benzene rings is 2. The number of nitrogens with one attached hydrogen (secondary N) is 1. The van der Waals surface area contributed by atoms with Crippen LogP contribution in [0, 0.1) is 21.8 Å². The molecule has 4 rings (SSSR count). The molecular weight excluding hydrogens is 459 g/mol. The van der Waals surface area contributed by atoms with E-state index in [1.54, 1.807) is 6.92 Å². The molecule has 2 unspecified atom stereocenters. The number of anilines is 1. The van der Waals surface area contributed by atoms with Crippen molar-refractivity contribution < 1.29 is 33.1 Å². The predicted molar refractivity (Wildman–Crippen MR) is 116 cm³/mol. The third-order valence-electron chi connectivity index (χ3n) is 5.76. The number of nitrogens with zero attached hydrogens (tertiary/aromatic N) is 1. The van der Waals surface area contributed by atoms with Crippen molar-refractivity contribution in [1.82, 2.24) is 0 Å². The highest BCUT2D eigenvalue weighted by atomic mass is 35.5. The first-order valence-electron chi connectivity index (χ1n) is 9.78. The molecule has 172 valence electrons. The number of ketones is 2. The van der Waals surface area contributed by atoms with Gasteiger partial charge in [0.2, 0.25) is 23.0 Å². The van der Waals surface area contributed by atoms with Crippen molar-refractivity contribution in [2.45, 2.75) is 18.9 Å². The lowest BCUT2D eigenvalue weighted by molar-refractivity contribution is -0.387. The lowest BCUT2D eigenvalue weighted by Crippen LogP contribution is -2.55. The maximum atomic E-state index is 13.6. The highest BCUT2D eigenvalue weighted by molar-refractivity contribution is 6.36. The van der Waals surface area contributed by atoms with E-state index in [4.69, 9.17) is 25.8 Å². The van der Waals surface area contributed by atoms with Crippen LogP contribution in [0.15, 0.2) is 36.0 Å². The van der Waals surface area contributed by atoms with Crippen molar-refractivity contribution >= 4 is 34.5 Å². The summed E-state index contributed by atoms with van der Waals surface area (Å²) in [6.45, 7) is 1.67. The number of methoxy groups -OCH3 is 2. The number of nitro benzene ring substituents is 1. The molecule has 0 saturated heterocycles. The van der Waals surface area contributed by atoms with Gasteiger partial charge in [-0.25, -0.2) is 0 Å². The molecule has 1 spiro atoms. The number of allylic oxidation sites excluding steroid dienone is 1. The first-order valence-corrected chi connectivity index (χ1v) is 10.2. The minimum atomic E-state index is -1.84. The van der Waals surface area contributed by atoms with Crippen LogP contribution in [0.1, 0.15) is 23.7 Å². The molecule has 33 heavy (non-hydrogen) atoms. The molecule has 1 heterocycles. The van der Waals surface area contributed by atoms with Gasteiger partial charge in [0.15, 0.2) is 5.75 Å². The van der Waals surface area contributed by atoms with Crippen molar-refractivity contribution in [3.05, 3.63) is 62.6 Å². The standard InChI is InChI=1S/C22H18ClFN2O7/c1-10-6-12(25-11-4-5-13(24)14(7-11)26(29)30)8-17(27)22(10)21(28)18-15(31-2)9-16(32-3)19(23)20(18)33-22/h4-5,7-10,25H,6H2,1-3H3. The van der Waals surface area contributed by atoms with Gasteiger partial charge >= 0.3 is 5.69 Å². The van der Waals surface area contributed by atoms with Gasteiger partial charge in [-0.2, -0.15) is 4.39 Å². The highest BCUT2D eigenvalue weighted by Gasteiger charge is 2.60. The van der Waals surface area contributed by atoms with E-state index < -0.39 is 39.5 Å². The summed E-state index contributed by atoms with van der Waals surface area (Å²) in [5.41, 5.74) is -1.87. The lowest BCUT2D eigenvalue weighted by atomic mass is 9.74. The van der Waals surface area contributed by atoms with Crippen molar-refractivity contribution in [3.63, 3.8) is 0 Å². The zero-order chi connectivity index (χ0) is 24.1. The Bertz CT molecular complexity index is 1250. The van der Waals surface area contributed by atoms with E-state index in [1.165, 1.54) is 32.4 Å². The molecule has 0 fully saturated rings. The molecule has 1 N–H and O–H groups in total. The molecule has 1 aliphatic carbocycles. The molecule has 0 amide bonds. The SMILES string of the molecule is COc1cc(OC)c2c(c1Cl)OC1(C(=O)C=C(Nc3ccc(F)c([N+](=O)[O-])c3)CC1C)C2=O. The third-order valence-corrected chi connectivity index (χ3v) is 6.12. The maximum absolute atomic E-state index is 13.6. The minimum absolute atomic E-state index is 0.0111. The summed E-state index contributed by atoms with van der Waals surface area (Å²) >= 11 is 6.35. The summed E-state index contributed by atoms with van der Waals surface area (Å²) in [6, 6.07) is 4.74. The summed E-state index contributed by atoms with van der Waals surface area (Å²) in [6.07, 6.45) is 1.39. The van der Waals surface area contributed by atoms with E-state index >= 15 is 0 Å². The van der Waals surface area contributed by atoms with Crippen LogP contribution in [-0.2, 0) is 4.79 Å². The fraction of sp³-hybridized carbons (Fsp3) is 0.273. The van der Waals surface area contributed by atoms with Crippen molar-refractivity contribution in [1.29, 1.82) is 0 Å². The van der Waals surface area contributed by atoms with Crippen molar-refractivity contribution in [3.8, 4) is 17.2 Å². The Morgan fingerprint density at radius 2 is 1.94 bits per heavy atom. The maximum Gasteiger partial charge on any atom is 0.306 e. The second-order valence-electron chi connectivity index (χ2n) is 7.65. The van der Waals surface area contributed by atoms with Crippen LogP contribution >= 0.6 is 11.6 Å².